The minimum absolute atomic E-state index is 0.605. The quantitative estimate of drug-likeness (QED) is 0.763. The lowest BCUT2D eigenvalue weighted by Gasteiger charge is -2.23. The fourth-order valence-corrected chi connectivity index (χ4v) is 2.27. The molecule has 0 radical (unpaired) electrons. The summed E-state index contributed by atoms with van der Waals surface area (Å²) in [6.07, 6.45) is 3.37. The largest absolute Gasteiger partial charge is 0.492 e. The van der Waals surface area contributed by atoms with Gasteiger partial charge in [-0.05, 0) is 51.0 Å². The smallest absolute Gasteiger partial charge is 0.137 e. The van der Waals surface area contributed by atoms with Crippen LogP contribution in [0.3, 0.4) is 0 Å². The van der Waals surface area contributed by atoms with Crippen LogP contribution in [0.25, 0.3) is 0 Å². The second kappa shape index (κ2) is 7.78. The molecule has 0 unspecified atom stereocenters. The van der Waals surface area contributed by atoms with E-state index < -0.39 is 0 Å². The van der Waals surface area contributed by atoms with Crippen molar-refractivity contribution >= 4 is 0 Å². The summed E-state index contributed by atoms with van der Waals surface area (Å²) < 4.78 is 5.64. The monoisotopic (exact) mass is 259 g/mol. The molecular weight excluding hydrogens is 238 g/mol. The molecule has 102 valence electrons. The van der Waals surface area contributed by atoms with Crippen LogP contribution in [0.15, 0.2) is 24.3 Å². The van der Waals surface area contributed by atoms with Crippen molar-refractivity contribution in [2.45, 2.75) is 25.3 Å². The maximum absolute atomic E-state index is 8.94. The minimum Gasteiger partial charge on any atom is -0.492 e. The summed E-state index contributed by atoms with van der Waals surface area (Å²) in [6.45, 7) is 3.85. The van der Waals surface area contributed by atoms with Crippen LogP contribution in [-0.4, -0.2) is 32.3 Å². The van der Waals surface area contributed by atoms with Crippen LogP contribution >= 0.6 is 0 Å². The van der Waals surface area contributed by atoms with Gasteiger partial charge in [0.1, 0.15) is 11.8 Å². The molecule has 2 N–H and O–H groups in total. The standard InChI is InChI=1S/C15H21N3O/c16-12-13-4-1-2-5-15(13)19-11-3-8-18-14-6-9-17-10-7-14/h1-2,4-5,14,17-18H,3,6-11H2. The van der Waals surface area contributed by atoms with Crippen molar-refractivity contribution in [2.75, 3.05) is 26.2 Å². The van der Waals surface area contributed by atoms with E-state index in [1.54, 1.807) is 6.07 Å². The van der Waals surface area contributed by atoms with Crippen molar-refractivity contribution < 1.29 is 4.74 Å². The van der Waals surface area contributed by atoms with Gasteiger partial charge in [-0.25, -0.2) is 0 Å². The number of rotatable bonds is 6. The van der Waals surface area contributed by atoms with Crippen LogP contribution in [0.2, 0.25) is 0 Å². The zero-order valence-corrected chi connectivity index (χ0v) is 11.2. The first-order valence-electron chi connectivity index (χ1n) is 6.96. The second-order valence-corrected chi connectivity index (χ2v) is 4.79. The fraction of sp³-hybridized carbons (Fsp3) is 0.533. The van der Waals surface area contributed by atoms with Crippen LogP contribution in [0.4, 0.5) is 0 Å². The van der Waals surface area contributed by atoms with E-state index in [1.807, 2.05) is 18.2 Å². The summed E-state index contributed by atoms with van der Waals surface area (Å²) >= 11 is 0. The summed E-state index contributed by atoms with van der Waals surface area (Å²) in [5, 5.41) is 15.8. The highest BCUT2D eigenvalue weighted by atomic mass is 16.5. The molecule has 0 saturated carbocycles. The maximum atomic E-state index is 8.94. The zero-order chi connectivity index (χ0) is 13.3. The number of nitriles is 1. The van der Waals surface area contributed by atoms with Crippen LogP contribution in [0, 0.1) is 11.3 Å². The van der Waals surface area contributed by atoms with Gasteiger partial charge in [-0.3, -0.25) is 0 Å². The predicted molar refractivity (Wildman–Crippen MR) is 75.2 cm³/mol. The van der Waals surface area contributed by atoms with Crippen molar-refractivity contribution in [3.8, 4) is 11.8 Å². The van der Waals surface area contributed by atoms with Gasteiger partial charge >= 0.3 is 0 Å². The Hall–Kier alpha value is -1.57. The maximum Gasteiger partial charge on any atom is 0.137 e. The minimum atomic E-state index is 0.605. The first kappa shape index (κ1) is 13.9. The SMILES string of the molecule is N#Cc1ccccc1OCCCNC1CCNCC1. The number of benzene rings is 1. The molecule has 1 aliphatic rings. The molecule has 1 aliphatic heterocycles. The highest BCUT2D eigenvalue weighted by Crippen LogP contribution is 2.16. The first-order valence-corrected chi connectivity index (χ1v) is 6.96. The molecule has 0 atom stereocenters. The Morgan fingerprint density at radius 2 is 2.11 bits per heavy atom. The molecule has 4 heteroatoms. The van der Waals surface area contributed by atoms with Crippen LogP contribution in [-0.2, 0) is 0 Å². The van der Waals surface area contributed by atoms with E-state index in [0.717, 1.165) is 26.1 Å². The molecule has 0 aromatic heterocycles. The first-order chi connectivity index (χ1) is 9.40. The molecule has 0 amide bonds. The van der Waals surface area contributed by atoms with Crippen molar-refractivity contribution in [1.29, 1.82) is 5.26 Å². The third-order valence-corrected chi connectivity index (χ3v) is 3.36. The van der Waals surface area contributed by atoms with Gasteiger partial charge in [0.25, 0.3) is 0 Å². The molecule has 1 aromatic rings. The van der Waals surface area contributed by atoms with Crippen molar-refractivity contribution in [3.63, 3.8) is 0 Å². The molecule has 1 saturated heterocycles. The summed E-state index contributed by atoms with van der Waals surface area (Å²) in [6, 6.07) is 10.2. The summed E-state index contributed by atoms with van der Waals surface area (Å²) in [5.41, 5.74) is 0.605. The molecule has 4 nitrogen and oxygen atoms in total. The Morgan fingerprint density at radius 1 is 1.32 bits per heavy atom. The third-order valence-electron chi connectivity index (χ3n) is 3.36. The molecule has 1 heterocycles. The van der Waals surface area contributed by atoms with Gasteiger partial charge in [0.05, 0.1) is 12.2 Å². The lowest BCUT2D eigenvalue weighted by molar-refractivity contribution is 0.298. The van der Waals surface area contributed by atoms with Crippen molar-refractivity contribution in [2.24, 2.45) is 0 Å². The molecule has 1 fully saturated rings. The molecule has 1 aromatic carbocycles. The zero-order valence-electron chi connectivity index (χ0n) is 11.2. The normalized spacial score (nSPS) is 15.9. The van der Waals surface area contributed by atoms with E-state index in [9.17, 15) is 0 Å². The number of para-hydroxylation sites is 1. The van der Waals surface area contributed by atoms with Gasteiger partial charge in [-0.1, -0.05) is 12.1 Å². The van der Waals surface area contributed by atoms with Crippen molar-refractivity contribution in [1.82, 2.24) is 10.6 Å². The summed E-state index contributed by atoms with van der Waals surface area (Å²) in [4.78, 5) is 0. The number of hydrogen-bond donors (Lipinski definition) is 2. The highest BCUT2D eigenvalue weighted by molar-refractivity contribution is 5.42. The van der Waals surface area contributed by atoms with E-state index in [0.29, 0.717) is 24.0 Å². The third kappa shape index (κ3) is 4.55. The van der Waals surface area contributed by atoms with Gasteiger partial charge in [0.15, 0.2) is 0 Å². The molecule has 0 spiro atoms. The molecule has 0 aliphatic carbocycles. The van der Waals surface area contributed by atoms with Crippen LogP contribution < -0.4 is 15.4 Å². The molecule has 0 bridgehead atoms. The lowest BCUT2D eigenvalue weighted by Crippen LogP contribution is -2.40. The van der Waals surface area contributed by atoms with Crippen LogP contribution in [0.1, 0.15) is 24.8 Å². The van der Waals surface area contributed by atoms with E-state index >= 15 is 0 Å². The molecule has 2 rings (SSSR count). The van der Waals surface area contributed by atoms with E-state index in [-0.39, 0.29) is 0 Å². The Labute approximate surface area is 114 Å². The highest BCUT2D eigenvalue weighted by Gasteiger charge is 2.11. The van der Waals surface area contributed by atoms with Crippen LogP contribution in [0.5, 0.6) is 5.75 Å². The predicted octanol–water partition coefficient (Wildman–Crippen LogP) is 1.67. The van der Waals surface area contributed by atoms with E-state index in [2.05, 4.69) is 16.7 Å². The summed E-state index contributed by atoms with van der Waals surface area (Å²) in [7, 11) is 0. The number of piperidine rings is 1. The number of hydrogen-bond acceptors (Lipinski definition) is 4. The lowest BCUT2D eigenvalue weighted by atomic mass is 10.1. The van der Waals surface area contributed by atoms with E-state index in [4.69, 9.17) is 10.00 Å². The number of ether oxygens (including phenoxy) is 1. The van der Waals surface area contributed by atoms with E-state index in [1.165, 1.54) is 12.8 Å². The number of nitrogens with one attached hydrogen (secondary N) is 2. The summed E-state index contributed by atoms with van der Waals surface area (Å²) in [5.74, 6) is 0.687. The van der Waals surface area contributed by atoms with Gasteiger partial charge in [0, 0.05) is 6.04 Å². The Kier molecular flexibility index (Phi) is 5.67. The average Bonchev–Trinajstić information content (AvgIpc) is 2.48. The Morgan fingerprint density at radius 3 is 2.89 bits per heavy atom. The Balaban J connectivity index is 1.62. The fourth-order valence-electron chi connectivity index (χ4n) is 2.27. The van der Waals surface area contributed by atoms with Gasteiger partial charge in [-0.2, -0.15) is 5.26 Å². The van der Waals surface area contributed by atoms with Gasteiger partial charge in [-0.15, -0.1) is 0 Å². The topological polar surface area (TPSA) is 57.1 Å². The van der Waals surface area contributed by atoms with Gasteiger partial charge in [0.2, 0.25) is 0 Å². The number of nitrogens with zero attached hydrogens (tertiary/aromatic N) is 1. The van der Waals surface area contributed by atoms with Crippen molar-refractivity contribution in [3.05, 3.63) is 29.8 Å². The molecule has 19 heavy (non-hydrogen) atoms. The average molecular weight is 259 g/mol. The molecular formula is C15H21N3O. The Bertz CT molecular complexity index is 422. The van der Waals surface area contributed by atoms with Gasteiger partial charge < -0.3 is 15.4 Å². The second-order valence-electron chi connectivity index (χ2n) is 4.79.